The molecular weight excluding hydrogens is 939 g/mol. The number of likely N-dealkylation sites (tertiary alicyclic amines) is 1. The standard InChI is InChI=1S/C44H81N19O9/c45-15-3-1-10-28(37(66)54-19-6-5-17-47)59-39(68)30(13-8-20-55-44(51)52)60-38(67)29(11-2-4-16-46)61-40(69)32(22-27-24-53-26-57-27)62-41(70)33-14-9-21-63(33)43(72)31(12-7-18-48)58-35(65)25-56-42(71)36(50)34(64)23-49/h13,24,26,28-29,31-34,36,64H,1-12,14-23,25,45-50H2,(H,53,57)(H,54,66)(H,56,71)(H,58,65)(H,59,68)(H,60,67)(H,61,69)(H,62,70)(H4,51,52,55)/b30-13-/t28-,29-,31+,32-,33-,34-,36-/m0/s1. The van der Waals surface area contributed by atoms with Gasteiger partial charge in [-0.1, -0.05) is 6.08 Å². The van der Waals surface area contributed by atoms with E-state index >= 15 is 0 Å². The second-order valence-electron chi connectivity index (χ2n) is 17.3. The molecule has 28 nitrogen and oxygen atoms in total. The van der Waals surface area contributed by atoms with Gasteiger partial charge in [0.2, 0.25) is 41.4 Å². The van der Waals surface area contributed by atoms with E-state index in [1.165, 1.54) is 23.5 Å². The fraction of sp³-hybridized carbons (Fsp3) is 0.682. The highest BCUT2D eigenvalue weighted by molar-refractivity contribution is 6.02. The lowest BCUT2D eigenvalue weighted by atomic mass is 10.0. The summed E-state index contributed by atoms with van der Waals surface area (Å²) in [6.45, 7) is 0.927. The maximum Gasteiger partial charge on any atom is 0.268 e. The van der Waals surface area contributed by atoms with E-state index in [2.05, 4.69) is 52.2 Å². The first-order valence-electron chi connectivity index (χ1n) is 24.6. The summed E-state index contributed by atoms with van der Waals surface area (Å²) in [4.78, 5) is 122. The van der Waals surface area contributed by atoms with Gasteiger partial charge in [0.05, 0.1) is 19.0 Å². The number of rotatable bonds is 36. The Morgan fingerprint density at radius 1 is 0.764 bits per heavy atom. The van der Waals surface area contributed by atoms with Gasteiger partial charge in [0.25, 0.3) is 5.91 Å². The molecule has 1 aromatic rings. The second-order valence-corrected chi connectivity index (χ2v) is 17.3. The molecule has 1 saturated heterocycles. The lowest BCUT2D eigenvalue weighted by Crippen LogP contribution is -2.59. The SMILES string of the molecule is NCCCCNC(=O)[C@H](CCCCN)NC(=O)/C(=C/CCN=C(N)N)NC(=O)[C@H](CCCCN)NC(=O)[C@H](Cc1cnc[nH]1)NC(=O)[C@@H]1CCCN1C(=O)[C@@H](CCCN)NC(=O)CNC(=O)[C@@H](N)[C@@H](O)CN. The number of aromatic nitrogens is 2. The van der Waals surface area contributed by atoms with Gasteiger partial charge in [0.15, 0.2) is 5.96 Å². The predicted molar refractivity (Wildman–Crippen MR) is 268 cm³/mol. The molecule has 25 N–H and O–H groups in total. The van der Waals surface area contributed by atoms with Gasteiger partial charge in [0.1, 0.15) is 41.9 Å². The lowest BCUT2D eigenvalue weighted by molar-refractivity contribution is -0.142. The summed E-state index contributed by atoms with van der Waals surface area (Å²) in [5.74, 6) is -5.89. The van der Waals surface area contributed by atoms with Gasteiger partial charge < -0.3 is 98.1 Å². The van der Waals surface area contributed by atoms with E-state index in [1.54, 1.807) is 0 Å². The summed E-state index contributed by atoms with van der Waals surface area (Å²) in [7, 11) is 0. The highest BCUT2D eigenvalue weighted by Gasteiger charge is 2.39. The molecule has 0 bridgehead atoms. The number of imidazole rings is 1. The van der Waals surface area contributed by atoms with Crippen molar-refractivity contribution in [2.24, 2.45) is 50.9 Å². The molecule has 0 spiro atoms. The summed E-state index contributed by atoms with van der Waals surface area (Å²) in [5, 5.41) is 28.3. The van der Waals surface area contributed by atoms with Crippen LogP contribution in [0.1, 0.15) is 89.2 Å². The quantitative estimate of drug-likeness (QED) is 0.0129. The molecule has 72 heavy (non-hydrogen) atoms. The molecule has 0 saturated carbocycles. The zero-order valence-electron chi connectivity index (χ0n) is 41.2. The molecule has 8 amide bonds. The third-order valence-electron chi connectivity index (χ3n) is 11.5. The number of hydrogen-bond acceptors (Lipinski definition) is 17. The maximum atomic E-state index is 14.3. The molecule has 7 atom stereocenters. The van der Waals surface area contributed by atoms with Gasteiger partial charge in [0, 0.05) is 44.5 Å². The van der Waals surface area contributed by atoms with Crippen molar-refractivity contribution in [1.29, 1.82) is 0 Å². The largest absolute Gasteiger partial charge is 0.390 e. The first-order chi connectivity index (χ1) is 34.5. The van der Waals surface area contributed by atoms with Crippen LogP contribution in [0.25, 0.3) is 0 Å². The van der Waals surface area contributed by atoms with Crippen LogP contribution in [0.2, 0.25) is 0 Å². The zero-order chi connectivity index (χ0) is 53.4. The van der Waals surface area contributed by atoms with Crippen LogP contribution in [0.5, 0.6) is 0 Å². The molecule has 1 aromatic heterocycles. The average molecular weight is 1020 g/mol. The van der Waals surface area contributed by atoms with E-state index in [0.29, 0.717) is 76.7 Å². The normalized spacial score (nSPS) is 16.0. The summed E-state index contributed by atoms with van der Waals surface area (Å²) >= 11 is 0. The van der Waals surface area contributed by atoms with E-state index in [1.807, 2.05) is 0 Å². The van der Waals surface area contributed by atoms with E-state index < -0.39 is 96.2 Å². The van der Waals surface area contributed by atoms with Gasteiger partial charge in [-0.2, -0.15) is 0 Å². The maximum absolute atomic E-state index is 14.3. The number of aliphatic hydroxyl groups is 1. The van der Waals surface area contributed by atoms with Gasteiger partial charge >= 0.3 is 0 Å². The summed E-state index contributed by atoms with van der Waals surface area (Å²) in [6.07, 6.45) is 7.43. The lowest BCUT2D eigenvalue weighted by Gasteiger charge is -2.30. The van der Waals surface area contributed by atoms with Crippen molar-refractivity contribution in [3.8, 4) is 0 Å². The number of H-pyrrole nitrogens is 1. The number of aliphatic hydroxyl groups excluding tert-OH is 1. The van der Waals surface area contributed by atoms with Crippen LogP contribution in [0, 0.1) is 0 Å². The van der Waals surface area contributed by atoms with Crippen molar-refractivity contribution >= 4 is 53.2 Å². The number of aliphatic imine (C=N–C) groups is 1. The molecule has 2 heterocycles. The Morgan fingerprint density at radius 2 is 1.40 bits per heavy atom. The Balaban J connectivity index is 2.39. The Bertz CT molecular complexity index is 1920. The number of aromatic amines is 1. The molecule has 1 fully saturated rings. The molecule has 2 rings (SSSR count). The number of unbranched alkanes of at least 4 members (excludes halogenated alkanes) is 3. The molecular formula is C44H81N19O9. The number of guanidine groups is 1. The fourth-order valence-corrected chi connectivity index (χ4v) is 7.49. The van der Waals surface area contributed by atoms with Gasteiger partial charge in [-0.25, -0.2) is 4.98 Å². The van der Waals surface area contributed by atoms with E-state index in [0.717, 1.165) is 0 Å². The number of amides is 8. The number of nitrogens with zero attached hydrogens (tertiary/aromatic N) is 3. The Kier molecular flexibility index (Phi) is 30.0. The topological polar surface area (TPSA) is 493 Å². The number of nitrogens with two attached hydrogens (primary N) is 8. The minimum absolute atomic E-state index is 0.0484. The minimum Gasteiger partial charge on any atom is -0.390 e. The van der Waals surface area contributed by atoms with E-state index in [-0.39, 0.29) is 82.9 Å². The molecule has 0 unspecified atom stereocenters. The molecule has 1 aliphatic rings. The van der Waals surface area contributed by atoms with Crippen LogP contribution < -0.4 is 83.1 Å². The monoisotopic (exact) mass is 1020 g/mol. The van der Waals surface area contributed by atoms with Gasteiger partial charge in [-0.05, 0) is 110 Å². The molecule has 0 aromatic carbocycles. The third kappa shape index (κ3) is 22.8. The minimum atomic E-state index is -1.39. The molecule has 406 valence electrons. The van der Waals surface area contributed by atoms with Crippen LogP contribution in [0.4, 0.5) is 0 Å². The highest BCUT2D eigenvalue weighted by atomic mass is 16.3. The summed E-state index contributed by atoms with van der Waals surface area (Å²) in [6, 6.07) is -7.23. The first kappa shape index (κ1) is 61.8. The van der Waals surface area contributed by atoms with Crippen molar-refractivity contribution in [3.05, 3.63) is 30.0 Å². The summed E-state index contributed by atoms with van der Waals surface area (Å²) in [5.41, 5.74) is 45.1. The van der Waals surface area contributed by atoms with Crippen molar-refractivity contribution in [2.75, 3.05) is 58.9 Å². The van der Waals surface area contributed by atoms with E-state index in [9.17, 15) is 43.5 Å². The van der Waals surface area contributed by atoms with Crippen LogP contribution in [0.3, 0.4) is 0 Å². The van der Waals surface area contributed by atoms with Crippen LogP contribution >= 0.6 is 0 Å². The molecule has 0 aliphatic carbocycles. The van der Waals surface area contributed by atoms with Crippen molar-refractivity contribution in [3.63, 3.8) is 0 Å². The smallest absolute Gasteiger partial charge is 0.268 e. The predicted octanol–water partition coefficient (Wildman–Crippen LogP) is -6.84. The molecule has 28 heteroatoms. The molecule has 0 radical (unpaired) electrons. The second kappa shape index (κ2) is 34.9. The number of nitrogens with one attached hydrogen (secondary N) is 8. The summed E-state index contributed by atoms with van der Waals surface area (Å²) < 4.78 is 0. The number of carbonyl (C=O) groups excluding carboxylic acids is 8. The third-order valence-corrected chi connectivity index (χ3v) is 11.5. The Hall–Kier alpha value is -6.30. The van der Waals surface area contributed by atoms with Crippen LogP contribution in [-0.4, -0.2) is 174 Å². The highest BCUT2D eigenvalue weighted by Crippen LogP contribution is 2.20. The first-order valence-corrected chi connectivity index (χ1v) is 24.6. The van der Waals surface area contributed by atoms with Gasteiger partial charge in [-0.3, -0.25) is 43.3 Å². The Labute approximate surface area is 419 Å². The fourth-order valence-electron chi connectivity index (χ4n) is 7.49. The zero-order valence-corrected chi connectivity index (χ0v) is 41.2. The number of hydrogen-bond donors (Lipinski definition) is 17. The average Bonchev–Trinajstić information content (AvgIpc) is 4.08. The van der Waals surface area contributed by atoms with Crippen molar-refractivity contribution in [2.45, 2.75) is 132 Å². The van der Waals surface area contributed by atoms with Crippen LogP contribution in [-0.2, 0) is 44.8 Å². The Morgan fingerprint density at radius 3 is 2.01 bits per heavy atom. The van der Waals surface area contributed by atoms with Crippen molar-refractivity contribution < 1.29 is 43.5 Å². The van der Waals surface area contributed by atoms with Gasteiger partial charge in [-0.15, -0.1) is 0 Å². The molecule has 1 aliphatic heterocycles. The number of carbonyl (C=O) groups is 8. The van der Waals surface area contributed by atoms with E-state index in [4.69, 9.17) is 45.9 Å². The van der Waals surface area contributed by atoms with Crippen LogP contribution in [0.15, 0.2) is 29.3 Å². The van der Waals surface area contributed by atoms with Crippen molar-refractivity contribution in [1.82, 2.24) is 52.1 Å².